The Morgan fingerprint density at radius 3 is 2.71 bits per heavy atom. The Morgan fingerprint density at radius 2 is 2.06 bits per heavy atom. The molecule has 2 aliphatic rings. The zero-order valence-electron chi connectivity index (χ0n) is 10.6. The number of carbonyl (C=O) groups is 1. The minimum absolute atomic E-state index is 0.0515. The van der Waals surface area contributed by atoms with Crippen molar-refractivity contribution in [3.63, 3.8) is 0 Å². The second-order valence-corrected chi connectivity index (χ2v) is 5.11. The molecule has 0 aromatic rings. The molecule has 0 aromatic carbocycles. The van der Waals surface area contributed by atoms with E-state index >= 15 is 0 Å². The summed E-state index contributed by atoms with van der Waals surface area (Å²) in [5, 5.41) is 0. The average molecular weight is 241 g/mol. The number of nitrogens with two attached hydrogens (primary N) is 1. The van der Waals surface area contributed by atoms with Crippen molar-refractivity contribution in [3.8, 4) is 0 Å². The first-order chi connectivity index (χ1) is 8.22. The van der Waals surface area contributed by atoms with Crippen LogP contribution in [0.2, 0.25) is 0 Å². The third kappa shape index (κ3) is 2.90. The van der Waals surface area contributed by atoms with Crippen molar-refractivity contribution in [3.05, 3.63) is 0 Å². The van der Waals surface area contributed by atoms with E-state index in [-0.39, 0.29) is 12.1 Å². The molecule has 2 fully saturated rings. The van der Waals surface area contributed by atoms with Crippen LogP contribution >= 0.6 is 0 Å². The van der Waals surface area contributed by atoms with Gasteiger partial charge in [0.1, 0.15) is 0 Å². The van der Waals surface area contributed by atoms with Crippen LogP contribution in [0.4, 0.5) is 4.79 Å². The third-order valence-electron chi connectivity index (χ3n) is 3.80. The second kappa shape index (κ2) is 5.69. The fraction of sp³-hybridized carbons (Fsp3) is 0.917. The molecule has 2 heterocycles. The Kier molecular flexibility index (Phi) is 4.23. The van der Waals surface area contributed by atoms with E-state index < -0.39 is 0 Å². The van der Waals surface area contributed by atoms with E-state index in [1.165, 1.54) is 0 Å². The Hall–Kier alpha value is -0.810. The van der Waals surface area contributed by atoms with Crippen molar-refractivity contribution in [2.45, 2.75) is 25.8 Å². The van der Waals surface area contributed by atoms with Gasteiger partial charge in [-0.2, -0.15) is 0 Å². The van der Waals surface area contributed by atoms with Gasteiger partial charge in [-0.3, -0.25) is 0 Å². The maximum atomic E-state index is 12.4. The van der Waals surface area contributed by atoms with E-state index in [4.69, 9.17) is 10.5 Å². The van der Waals surface area contributed by atoms with Crippen LogP contribution < -0.4 is 5.73 Å². The van der Waals surface area contributed by atoms with E-state index in [2.05, 4.69) is 6.92 Å². The van der Waals surface area contributed by atoms with Crippen molar-refractivity contribution in [1.82, 2.24) is 9.80 Å². The van der Waals surface area contributed by atoms with Gasteiger partial charge in [0.25, 0.3) is 0 Å². The topological polar surface area (TPSA) is 58.8 Å². The van der Waals surface area contributed by atoms with Gasteiger partial charge in [0, 0.05) is 26.2 Å². The highest BCUT2D eigenvalue weighted by atomic mass is 16.5. The number of likely N-dealkylation sites (tertiary alicyclic amines) is 1. The molecule has 0 radical (unpaired) electrons. The van der Waals surface area contributed by atoms with E-state index in [1.807, 2.05) is 9.80 Å². The molecule has 2 N–H and O–H groups in total. The molecule has 17 heavy (non-hydrogen) atoms. The lowest BCUT2D eigenvalue weighted by molar-refractivity contribution is 0.00504. The predicted octanol–water partition coefficient (Wildman–Crippen LogP) is 0.498. The fourth-order valence-corrected chi connectivity index (χ4v) is 2.48. The number of morpholine rings is 1. The van der Waals surface area contributed by atoms with Gasteiger partial charge in [-0.25, -0.2) is 4.79 Å². The van der Waals surface area contributed by atoms with Crippen molar-refractivity contribution >= 4 is 6.03 Å². The molecule has 98 valence electrons. The molecule has 1 unspecified atom stereocenters. The molecule has 5 nitrogen and oxygen atoms in total. The molecule has 0 aliphatic carbocycles. The van der Waals surface area contributed by atoms with Gasteiger partial charge in [0.2, 0.25) is 0 Å². The van der Waals surface area contributed by atoms with Gasteiger partial charge >= 0.3 is 6.03 Å². The number of nitrogens with zero attached hydrogens (tertiary/aromatic N) is 2. The van der Waals surface area contributed by atoms with E-state index in [1.54, 1.807) is 0 Å². The quantitative estimate of drug-likeness (QED) is 0.727. The molecular formula is C12H23N3O2. The van der Waals surface area contributed by atoms with Gasteiger partial charge in [-0.05, 0) is 18.8 Å². The molecular weight excluding hydrogens is 218 g/mol. The highest BCUT2D eigenvalue weighted by molar-refractivity contribution is 5.75. The van der Waals surface area contributed by atoms with Crippen molar-refractivity contribution in [1.29, 1.82) is 0 Å². The lowest BCUT2D eigenvalue weighted by Crippen LogP contribution is -2.57. The Morgan fingerprint density at radius 1 is 1.35 bits per heavy atom. The largest absolute Gasteiger partial charge is 0.377 e. The molecule has 0 bridgehead atoms. The Balaban J connectivity index is 1.93. The van der Waals surface area contributed by atoms with Crippen LogP contribution in [0, 0.1) is 5.92 Å². The van der Waals surface area contributed by atoms with Gasteiger partial charge in [0.15, 0.2) is 0 Å². The SMILES string of the molecule is CC1CCN(C(=O)N2CCOCC2CN)CC1. The van der Waals surface area contributed by atoms with Gasteiger partial charge in [-0.15, -0.1) is 0 Å². The molecule has 2 aliphatic heterocycles. The van der Waals surface area contributed by atoms with E-state index in [0.717, 1.165) is 31.8 Å². The molecule has 2 saturated heterocycles. The molecule has 1 atom stereocenters. The highest BCUT2D eigenvalue weighted by Gasteiger charge is 2.30. The van der Waals surface area contributed by atoms with Crippen LogP contribution in [0.15, 0.2) is 0 Å². The summed E-state index contributed by atoms with van der Waals surface area (Å²) in [6.45, 7) is 6.38. The zero-order chi connectivity index (χ0) is 12.3. The number of amides is 2. The van der Waals surface area contributed by atoms with E-state index in [9.17, 15) is 4.79 Å². The summed E-state index contributed by atoms with van der Waals surface area (Å²) in [6.07, 6.45) is 2.23. The van der Waals surface area contributed by atoms with Crippen LogP contribution in [-0.4, -0.2) is 61.3 Å². The molecule has 2 rings (SSSR count). The molecule has 2 amide bonds. The minimum Gasteiger partial charge on any atom is -0.377 e. The number of hydrogen-bond acceptors (Lipinski definition) is 3. The molecule has 0 spiro atoms. The monoisotopic (exact) mass is 241 g/mol. The van der Waals surface area contributed by atoms with Crippen molar-refractivity contribution < 1.29 is 9.53 Å². The van der Waals surface area contributed by atoms with E-state index in [0.29, 0.717) is 26.3 Å². The van der Waals surface area contributed by atoms with Gasteiger partial charge in [-0.1, -0.05) is 6.92 Å². The fourth-order valence-electron chi connectivity index (χ4n) is 2.48. The first-order valence-corrected chi connectivity index (χ1v) is 6.55. The second-order valence-electron chi connectivity index (χ2n) is 5.11. The lowest BCUT2D eigenvalue weighted by atomic mass is 9.99. The number of piperidine rings is 1. The standard InChI is InChI=1S/C12H23N3O2/c1-10-2-4-14(5-3-10)12(16)15-6-7-17-9-11(15)8-13/h10-11H,2-9,13H2,1H3. The number of carbonyl (C=O) groups excluding carboxylic acids is 1. The summed E-state index contributed by atoms with van der Waals surface area (Å²) < 4.78 is 5.37. The van der Waals surface area contributed by atoms with Crippen LogP contribution in [0.25, 0.3) is 0 Å². The van der Waals surface area contributed by atoms with Gasteiger partial charge < -0.3 is 20.3 Å². The first-order valence-electron chi connectivity index (χ1n) is 6.55. The highest BCUT2D eigenvalue weighted by Crippen LogP contribution is 2.18. The first kappa shape index (κ1) is 12.6. The Bertz CT molecular complexity index is 264. The van der Waals surface area contributed by atoms with Gasteiger partial charge in [0.05, 0.1) is 19.3 Å². The van der Waals surface area contributed by atoms with Crippen LogP contribution in [0.1, 0.15) is 19.8 Å². The molecule has 5 heteroatoms. The third-order valence-corrected chi connectivity index (χ3v) is 3.80. The number of rotatable bonds is 1. The van der Waals surface area contributed by atoms with Crippen molar-refractivity contribution in [2.24, 2.45) is 11.7 Å². The zero-order valence-corrected chi connectivity index (χ0v) is 10.6. The molecule has 0 saturated carbocycles. The summed E-state index contributed by atoms with van der Waals surface area (Å²) in [5.41, 5.74) is 5.69. The maximum Gasteiger partial charge on any atom is 0.320 e. The number of hydrogen-bond donors (Lipinski definition) is 1. The minimum atomic E-state index is 0.0515. The number of urea groups is 1. The lowest BCUT2D eigenvalue weighted by Gasteiger charge is -2.40. The van der Waals surface area contributed by atoms with Crippen LogP contribution in [0.3, 0.4) is 0 Å². The average Bonchev–Trinajstić information content (AvgIpc) is 2.39. The molecule has 0 aromatic heterocycles. The van der Waals surface area contributed by atoms with Crippen molar-refractivity contribution in [2.75, 3.05) is 39.4 Å². The smallest absolute Gasteiger partial charge is 0.320 e. The van der Waals surface area contributed by atoms with Crippen LogP contribution in [-0.2, 0) is 4.74 Å². The summed E-state index contributed by atoms with van der Waals surface area (Å²) in [5.74, 6) is 0.744. The Labute approximate surface area is 103 Å². The summed E-state index contributed by atoms with van der Waals surface area (Å²) in [6, 6.07) is 0.200. The summed E-state index contributed by atoms with van der Waals surface area (Å²) in [4.78, 5) is 16.2. The maximum absolute atomic E-state index is 12.4. The van der Waals surface area contributed by atoms with Crippen LogP contribution in [0.5, 0.6) is 0 Å². The predicted molar refractivity (Wildman–Crippen MR) is 65.7 cm³/mol. The normalized spacial score (nSPS) is 27.3. The summed E-state index contributed by atoms with van der Waals surface area (Å²) in [7, 11) is 0. The number of ether oxygens (including phenoxy) is 1. The summed E-state index contributed by atoms with van der Waals surface area (Å²) >= 11 is 0.